The van der Waals surface area contributed by atoms with E-state index in [1.807, 2.05) is 17.9 Å². The Balaban J connectivity index is 1.56. The summed E-state index contributed by atoms with van der Waals surface area (Å²) < 4.78 is 10.6. The lowest BCUT2D eigenvalue weighted by atomic mass is 10.1. The summed E-state index contributed by atoms with van der Waals surface area (Å²) >= 11 is 0. The fraction of sp³-hybridized carbons (Fsp3) is 0.533. The molecule has 2 aliphatic rings. The molecule has 1 amide bonds. The molecule has 1 saturated carbocycles. The first kappa shape index (κ1) is 12.6. The van der Waals surface area contributed by atoms with Crippen LogP contribution in [0.3, 0.4) is 0 Å². The third kappa shape index (κ3) is 2.24. The Labute approximate surface area is 122 Å². The molecule has 3 heterocycles. The minimum Gasteiger partial charge on any atom is -0.360 e. The zero-order valence-corrected chi connectivity index (χ0v) is 11.9. The van der Waals surface area contributed by atoms with Gasteiger partial charge in [-0.1, -0.05) is 10.3 Å². The van der Waals surface area contributed by atoms with E-state index in [2.05, 4.69) is 10.3 Å². The van der Waals surface area contributed by atoms with Gasteiger partial charge in [-0.3, -0.25) is 4.79 Å². The monoisotopic (exact) mass is 287 g/mol. The van der Waals surface area contributed by atoms with Gasteiger partial charge in [-0.15, -0.1) is 0 Å². The van der Waals surface area contributed by atoms with Crippen LogP contribution in [-0.4, -0.2) is 27.7 Å². The second-order valence-corrected chi connectivity index (χ2v) is 5.92. The molecule has 4 rings (SSSR count). The summed E-state index contributed by atoms with van der Waals surface area (Å²) in [4.78, 5) is 14.4. The summed E-state index contributed by atoms with van der Waals surface area (Å²) in [6.45, 7) is 2.60. The quantitative estimate of drug-likeness (QED) is 0.868. The number of nitrogens with zero attached hydrogens (tertiary/aromatic N) is 3. The lowest BCUT2D eigenvalue weighted by Gasteiger charge is -2.21. The third-order valence-electron chi connectivity index (χ3n) is 4.22. The molecular formula is C15H17N3O3. The van der Waals surface area contributed by atoms with Crippen molar-refractivity contribution in [1.29, 1.82) is 0 Å². The number of carbonyl (C=O) groups excluding carboxylic acids is 1. The van der Waals surface area contributed by atoms with E-state index in [1.165, 1.54) is 0 Å². The van der Waals surface area contributed by atoms with Crippen molar-refractivity contribution < 1.29 is 13.8 Å². The highest BCUT2D eigenvalue weighted by molar-refractivity contribution is 5.92. The molecule has 0 unspecified atom stereocenters. The van der Waals surface area contributed by atoms with Crippen molar-refractivity contribution in [3.05, 3.63) is 35.0 Å². The lowest BCUT2D eigenvalue weighted by molar-refractivity contribution is 0.0704. The first-order chi connectivity index (χ1) is 10.2. The van der Waals surface area contributed by atoms with Crippen molar-refractivity contribution >= 4 is 5.91 Å². The van der Waals surface area contributed by atoms with Gasteiger partial charge in [-0.25, -0.2) is 0 Å². The Bertz CT molecular complexity index is 671. The lowest BCUT2D eigenvalue weighted by Crippen LogP contribution is -2.30. The molecule has 6 nitrogen and oxygen atoms in total. The van der Waals surface area contributed by atoms with Crippen LogP contribution in [0.15, 0.2) is 21.2 Å². The summed E-state index contributed by atoms with van der Waals surface area (Å²) in [6.07, 6.45) is 4.12. The minimum atomic E-state index is -0.0813. The van der Waals surface area contributed by atoms with Gasteiger partial charge in [0, 0.05) is 24.6 Å². The molecule has 21 heavy (non-hydrogen) atoms. The van der Waals surface area contributed by atoms with Gasteiger partial charge >= 0.3 is 0 Å². The number of carbonyl (C=O) groups is 1. The Morgan fingerprint density at radius 1 is 1.19 bits per heavy atom. The molecule has 0 N–H and O–H groups in total. The molecule has 1 saturated heterocycles. The number of hydrogen-bond acceptors (Lipinski definition) is 5. The highest BCUT2D eigenvalue weighted by Gasteiger charge is 2.35. The highest BCUT2D eigenvalue weighted by Crippen LogP contribution is 2.40. The number of hydrogen-bond donors (Lipinski definition) is 0. The molecule has 6 heteroatoms. The molecule has 0 spiro atoms. The second-order valence-electron chi connectivity index (χ2n) is 5.92. The van der Waals surface area contributed by atoms with Crippen molar-refractivity contribution in [2.75, 3.05) is 6.54 Å². The van der Waals surface area contributed by atoms with Crippen molar-refractivity contribution in [3.8, 4) is 0 Å². The zero-order valence-electron chi connectivity index (χ0n) is 11.9. The molecule has 0 radical (unpaired) electrons. The van der Waals surface area contributed by atoms with E-state index in [9.17, 15) is 4.79 Å². The van der Waals surface area contributed by atoms with Crippen molar-refractivity contribution in [3.63, 3.8) is 0 Å². The zero-order chi connectivity index (χ0) is 14.4. The maximum absolute atomic E-state index is 12.6. The molecule has 2 aromatic heterocycles. The van der Waals surface area contributed by atoms with E-state index in [0.717, 1.165) is 49.4 Å². The number of amides is 1. The molecule has 1 aliphatic carbocycles. The molecular weight excluding hydrogens is 270 g/mol. The van der Waals surface area contributed by atoms with Gasteiger partial charge in [0.25, 0.3) is 5.91 Å². The predicted molar refractivity (Wildman–Crippen MR) is 72.7 cm³/mol. The van der Waals surface area contributed by atoms with E-state index in [4.69, 9.17) is 9.05 Å². The highest BCUT2D eigenvalue weighted by atomic mass is 16.5. The van der Waals surface area contributed by atoms with E-state index >= 15 is 0 Å². The Kier molecular flexibility index (Phi) is 2.83. The first-order valence-electron chi connectivity index (χ1n) is 7.43. The topological polar surface area (TPSA) is 72.4 Å². The standard InChI is InChI=1S/C15H17N3O3/c1-9-7-14(21-16-9)12-3-2-6-18(12)15(19)11-8-13(20-17-11)10-4-5-10/h7-8,10,12H,2-6H2,1H3/t12-/m0/s1. The third-order valence-corrected chi connectivity index (χ3v) is 4.22. The molecule has 0 bridgehead atoms. The molecule has 110 valence electrons. The van der Waals surface area contributed by atoms with E-state index in [-0.39, 0.29) is 11.9 Å². The predicted octanol–water partition coefficient (Wildman–Crippen LogP) is 2.83. The largest absolute Gasteiger partial charge is 0.360 e. The summed E-state index contributed by atoms with van der Waals surface area (Å²) in [7, 11) is 0. The van der Waals surface area contributed by atoms with Crippen molar-refractivity contribution in [1.82, 2.24) is 15.2 Å². The van der Waals surface area contributed by atoms with Crippen LogP contribution in [0.25, 0.3) is 0 Å². The fourth-order valence-electron chi connectivity index (χ4n) is 2.94. The van der Waals surface area contributed by atoms with Crippen LogP contribution < -0.4 is 0 Å². The second kappa shape index (κ2) is 4.72. The van der Waals surface area contributed by atoms with Gasteiger partial charge in [-0.2, -0.15) is 0 Å². The van der Waals surface area contributed by atoms with Gasteiger partial charge in [-0.05, 0) is 32.6 Å². The van der Waals surface area contributed by atoms with Crippen LogP contribution in [-0.2, 0) is 0 Å². The van der Waals surface area contributed by atoms with Gasteiger partial charge in [0.2, 0.25) is 0 Å². The van der Waals surface area contributed by atoms with Crippen LogP contribution in [0, 0.1) is 6.92 Å². The maximum Gasteiger partial charge on any atom is 0.276 e. The Morgan fingerprint density at radius 2 is 2.00 bits per heavy atom. The van der Waals surface area contributed by atoms with Crippen LogP contribution in [0.2, 0.25) is 0 Å². The van der Waals surface area contributed by atoms with Crippen LogP contribution in [0.4, 0.5) is 0 Å². The smallest absolute Gasteiger partial charge is 0.276 e. The minimum absolute atomic E-state index is 0.0419. The molecule has 1 atom stereocenters. The number of rotatable bonds is 3. The van der Waals surface area contributed by atoms with Gasteiger partial charge in [0.15, 0.2) is 11.5 Å². The average molecular weight is 287 g/mol. The van der Waals surface area contributed by atoms with Gasteiger partial charge in [0.1, 0.15) is 5.76 Å². The molecule has 2 fully saturated rings. The molecule has 1 aliphatic heterocycles. The summed E-state index contributed by atoms with van der Waals surface area (Å²) in [6, 6.07) is 3.65. The number of aryl methyl sites for hydroxylation is 1. The van der Waals surface area contributed by atoms with Gasteiger partial charge in [0.05, 0.1) is 11.7 Å². The summed E-state index contributed by atoms with van der Waals surface area (Å²) in [5, 5.41) is 7.86. The summed E-state index contributed by atoms with van der Waals surface area (Å²) in [5.41, 5.74) is 1.24. The van der Waals surface area contributed by atoms with E-state index in [0.29, 0.717) is 11.6 Å². The van der Waals surface area contributed by atoms with E-state index in [1.54, 1.807) is 6.07 Å². The van der Waals surface area contributed by atoms with Crippen molar-refractivity contribution in [2.45, 2.75) is 44.6 Å². The van der Waals surface area contributed by atoms with E-state index < -0.39 is 0 Å². The Hall–Kier alpha value is -2.11. The van der Waals surface area contributed by atoms with Crippen LogP contribution in [0.1, 0.15) is 65.3 Å². The number of aromatic nitrogens is 2. The molecule has 2 aromatic rings. The SMILES string of the molecule is Cc1cc([C@@H]2CCCN2C(=O)c2cc(C3CC3)on2)on1. The first-order valence-corrected chi connectivity index (χ1v) is 7.43. The van der Waals surface area contributed by atoms with Gasteiger partial charge < -0.3 is 13.9 Å². The molecule has 0 aromatic carbocycles. The van der Waals surface area contributed by atoms with Crippen LogP contribution in [0.5, 0.6) is 0 Å². The normalized spacial score (nSPS) is 22.0. The number of likely N-dealkylation sites (tertiary alicyclic amines) is 1. The maximum atomic E-state index is 12.6. The fourth-order valence-corrected chi connectivity index (χ4v) is 2.94. The van der Waals surface area contributed by atoms with Crippen LogP contribution >= 0.6 is 0 Å². The summed E-state index contributed by atoms with van der Waals surface area (Å²) in [5.74, 6) is 1.97. The average Bonchev–Trinajstić information content (AvgIpc) is 2.94. The Morgan fingerprint density at radius 3 is 2.71 bits per heavy atom. The van der Waals surface area contributed by atoms with Crippen molar-refractivity contribution in [2.24, 2.45) is 0 Å².